The molecule has 24 heavy (non-hydrogen) atoms. The second-order valence-electron chi connectivity index (χ2n) is 7.05. The summed E-state index contributed by atoms with van der Waals surface area (Å²) in [6.07, 6.45) is 4.05. The number of carbonyl (C=O) groups is 1. The average molecular weight is 321 g/mol. The highest BCUT2D eigenvalue weighted by Gasteiger charge is 2.26. The standard InChI is InChI=1S/C22H27NO/c1-16-8-6-9-17(2)21(16)15-20(18-10-4-3-5-11-18)14-19-12-7-13-23-22(19)24/h3-6,8-11,19-20H,7,12-15H2,1-2H3,(H,23,24). The Bertz CT molecular complexity index is 672. The first-order chi connectivity index (χ1) is 11.6. The maximum atomic E-state index is 12.2. The van der Waals surface area contributed by atoms with Gasteiger partial charge in [-0.25, -0.2) is 0 Å². The van der Waals surface area contributed by atoms with E-state index in [0.29, 0.717) is 5.92 Å². The molecule has 1 N–H and O–H groups in total. The normalized spacial score (nSPS) is 18.9. The van der Waals surface area contributed by atoms with Crippen molar-refractivity contribution < 1.29 is 4.79 Å². The summed E-state index contributed by atoms with van der Waals surface area (Å²) in [5.41, 5.74) is 5.48. The Labute approximate surface area is 145 Å². The van der Waals surface area contributed by atoms with Crippen LogP contribution in [0.5, 0.6) is 0 Å². The summed E-state index contributed by atoms with van der Waals surface area (Å²) in [6, 6.07) is 17.2. The fourth-order valence-corrected chi connectivity index (χ4v) is 3.88. The molecule has 2 unspecified atom stereocenters. The lowest BCUT2D eigenvalue weighted by Crippen LogP contribution is -2.37. The highest BCUT2D eigenvalue weighted by molar-refractivity contribution is 5.79. The van der Waals surface area contributed by atoms with Crippen molar-refractivity contribution in [3.63, 3.8) is 0 Å². The molecule has 0 spiro atoms. The summed E-state index contributed by atoms with van der Waals surface area (Å²) >= 11 is 0. The Morgan fingerprint density at radius 2 is 1.75 bits per heavy atom. The van der Waals surface area contributed by atoms with Gasteiger partial charge in [-0.3, -0.25) is 4.79 Å². The van der Waals surface area contributed by atoms with E-state index in [1.165, 1.54) is 22.3 Å². The molecule has 0 aliphatic carbocycles. The first-order valence-corrected chi connectivity index (χ1v) is 9.03. The van der Waals surface area contributed by atoms with E-state index in [9.17, 15) is 4.79 Å². The molecule has 0 saturated carbocycles. The molecule has 2 nitrogen and oxygen atoms in total. The monoisotopic (exact) mass is 321 g/mol. The molecule has 0 radical (unpaired) electrons. The molecule has 1 saturated heterocycles. The molecule has 1 aliphatic rings. The minimum Gasteiger partial charge on any atom is -0.356 e. The Morgan fingerprint density at radius 3 is 2.42 bits per heavy atom. The van der Waals surface area contributed by atoms with Crippen molar-refractivity contribution in [2.45, 2.75) is 45.4 Å². The predicted molar refractivity (Wildman–Crippen MR) is 99.2 cm³/mol. The van der Waals surface area contributed by atoms with Crippen LogP contribution < -0.4 is 5.32 Å². The van der Waals surface area contributed by atoms with Gasteiger partial charge in [-0.2, -0.15) is 0 Å². The molecule has 2 aromatic carbocycles. The van der Waals surface area contributed by atoms with Crippen LogP contribution in [0.4, 0.5) is 0 Å². The number of hydrogen-bond acceptors (Lipinski definition) is 1. The van der Waals surface area contributed by atoms with Gasteiger partial charge in [0.15, 0.2) is 0 Å². The third-order valence-corrected chi connectivity index (χ3v) is 5.33. The van der Waals surface area contributed by atoms with Crippen molar-refractivity contribution in [1.82, 2.24) is 5.32 Å². The molecule has 1 aliphatic heterocycles. The molecule has 2 atom stereocenters. The van der Waals surface area contributed by atoms with Gasteiger partial charge in [0.1, 0.15) is 0 Å². The summed E-state index contributed by atoms with van der Waals surface area (Å²) in [5.74, 6) is 0.775. The number of benzene rings is 2. The van der Waals surface area contributed by atoms with E-state index < -0.39 is 0 Å². The molecule has 0 bridgehead atoms. The molecule has 1 heterocycles. The van der Waals surface area contributed by atoms with E-state index in [-0.39, 0.29) is 11.8 Å². The van der Waals surface area contributed by atoms with E-state index in [4.69, 9.17) is 0 Å². The van der Waals surface area contributed by atoms with Crippen LogP contribution in [-0.4, -0.2) is 12.5 Å². The van der Waals surface area contributed by atoms with Crippen molar-refractivity contribution in [2.24, 2.45) is 5.92 Å². The van der Waals surface area contributed by atoms with Crippen molar-refractivity contribution in [1.29, 1.82) is 0 Å². The summed E-state index contributed by atoms with van der Waals surface area (Å²) in [7, 11) is 0. The minimum atomic E-state index is 0.147. The third kappa shape index (κ3) is 3.87. The molecule has 2 aromatic rings. The van der Waals surface area contributed by atoms with Crippen molar-refractivity contribution in [2.75, 3.05) is 6.54 Å². The van der Waals surface area contributed by atoms with Gasteiger partial charge in [-0.15, -0.1) is 0 Å². The van der Waals surface area contributed by atoms with Crippen LogP contribution in [0, 0.1) is 19.8 Å². The zero-order valence-corrected chi connectivity index (χ0v) is 14.7. The number of amides is 1. The summed E-state index contributed by atoms with van der Waals surface area (Å²) in [4.78, 5) is 12.2. The van der Waals surface area contributed by atoms with Crippen LogP contribution in [0.3, 0.4) is 0 Å². The van der Waals surface area contributed by atoms with Gasteiger partial charge in [0.05, 0.1) is 0 Å². The molecule has 1 fully saturated rings. The van der Waals surface area contributed by atoms with E-state index in [1.54, 1.807) is 0 Å². The predicted octanol–water partition coefficient (Wildman–Crippen LogP) is 4.55. The van der Waals surface area contributed by atoms with Gasteiger partial charge in [0.2, 0.25) is 5.91 Å². The van der Waals surface area contributed by atoms with Gasteiger partial charge < -0.3 is 5.32 Å². The van der Waals surface area contributed by atoms with Crippen LogP contribution in [0.15, 0.2) is 48.5 Å². The molecule has 1 amide bonds. The van der Waals surface area contributed by atoms with Crippen LogP contribution in [-0.2, 0) is 11.2 Å². The number of aryl methyl sites for hydroxylation is 2. The maximum Gasteiger partial charge on any atom is 0.223 e. The largest absolute Gasteiger partial charge is 0.356 e. The van der Waals surface area contributed by atoms with Crippen LogP contribution in [0.25, 0.3) is 0 Å². The van der Waals surface area contributed by atoms with Gasteiger partial charge in [-0.1, -0.05) is 48.5 Å². The summed E-state index contributed by atoms with van der Waals surface area (Å²) < 4.78 is 0. The number of hydrogen-bond donors (Lipinski definition) is 1. The Balaban J connectivity index is 1.86. The number of carbonyl (C=O) groups excluding carboxylic acids is 1. The van der Waals surface area contributed by atoms with E-state index in [1.807, 2.05) is 0 Å². The SMILES string of the molecule is Cc1cccc(C)c1CC(CC1CCCNC1=O)c1ccccc1. The maximum absolute atomic E-state index is 12.2. The van der Waals surface area contributed by atoms with E-state index in [2.05, 4.69) is 67.7 Å². The highest BCUT2D eigenvalue weighted by Crippen LogP contribution is 2.32. The molecule has 3 rings (SSSR count). The quantitative estimate of drug-likeness (QED) is 0.860. The van der Waals surface area contributed by atoms with Crippen molar-refractivity contribution in [3.8, 4) is 0 Å². The number of nitrogens with one attached hydrogen (secondary N) is 1. The van der Waals surface area contributed by atoms with Crippen LogP contribution in [0.1, 0.15) is 47.4 Å². The summed E-state index contributed by atoms with van der Waals surface area (Å²) in [6.45, 7) is 5.22. The van der Waals surface area contributed by atoms with E-state index >= 15 is 0 Å². The number of rotatable bonds is 5. The lowest BCUT2D eigenvalue weighted by Gasteiger charge is -2.27. The van der Waals surface area contributed by atoms with E-state index in [0.717, 1.165) is 32.2 Å². The first-order valence-electron chi connectivity index (χ1n) is 9.03. The smallest absolute Gasteiger partial charge is 0.223 e. The Kier molecular flexibility index (Phi) is 5.34. The fraction of sp³-hybridized carbons (Fsp3) is 0.409. The zero-order chi connectivity index (χ0) is 16.9. The van der Waals surface area contributed by atoms with Gasteiger partial charge in [0.25, 0.3) is 0 Å². The average Bonchev–Trinajstić information content (AvgIpc) is 2.60. The highest BCUT2D eigenvalue weighted by atomic mass is 16.1. The Hall–Kier alpha value is -2.09. The lowest BCUT2D eigenvalue weighted by molar-refractivity contribution is -0.126. The molecule has 2 heteroatoms. The fourth-order valence-electron chi connectivity index (χ4n) is 3.88. The summed E-state index contributed by atoms with van der Waals surface area (Å²) in [5, 5.41) is 3.04. The molecular weight excluding hydrogens is 294 g/mol. The topological polar surface area (TPSA) is 29.1 Å². The van der Waals surface area contributed by atoms with Gasteiger partial charge >= 0.3 is 0 Å². The van der Waals surface area contributed by atoms with Crippen LogP contribution in [0.2, 0.25) is 0 Å². The van der Waals surface area contributed by atoms with Crippen LogP contribution >= 0.6 is 0 Å². The first kappa shape index (κ1) is 16.8. The lowest BCUT2D eigenvalue weighted by atomic mass is 9.80. The van der Waals surface area contributed by atoms with Crippen molar-refractivity contribution >= 4 is 5.91 Å². The molecule has 126 valence electrons. The number of piperidine rings is 1. The minimum absolute atomic E-state index is 0.147. The molecular formula is C22H27NO. The Morgan fingerprint density at radius 1 is 1.04 bits per heavy atom. The van der Waals surface area contributed by atoms with Gasteiger partial charge in [0, 0.05) is 12.5 Å². The second kappa shape index (κ2) is 7.65. The second-order valence-corrected chi connectivity index (χ2v) is 7.05. The van der Waals surface area contributed by atoms with Gasteiger partial charge in [-0.05, 0) is 67.7 Å². The van der Waals surface area contributed by atoms with Crippen molar-refractivity contribution in [3.05, 3.63) is 70.8 Å². The third-order valence-electron chi connectivity index (χ3n) is 5.33. The zero-order valence-electron chi connectivity index (χ0n) is 14.7. The molecule has 0 aromatic heterocycles.